The number of aryl methyl sites for hydroxylation is 1. The molecule has 0 fully saturated rings. The molecule has 0 spiro atoms. The minimum absolute atomic E-state index is 0.0895. The van der Waals surface area contributed by atoms with E-state index in [4.69, 9.17) is 13.9 Å². The van der Waals surface area contributed by atoms with Crippen LogP contribution in [0.3, 0.4) is 0 Å². The predicted octanol–water partition coefficient (Wildman–Crippen LogP) is 3.20. The molecular weight excluding hydrogens is 462 g/mol. The summed E-state index contributed by atoms with van der Waals surface area (Å²) in [4.78, 5) is 24.2. The SMILES string of the molecule is COc1cc(NS(=O)(=O)c2ccc3c(c2)oc(=O)n3C)c(OC)cc1NC(=O)c1ccccc1. The third-order valence-electron chi connectivity index (χ3n) is 5.12. The molecule has 0 aliphatic carbocycles. The van der Waals surface area contributed by atoms with Gasteiger partial charge in [0, 0.05) is 30.8 Å². The molecule has 0 aliphatic heterocycles. The Morgan fingerprint density at radius 1 is 0.941 bits per heavy atom. The van der Waals surface area contributed by atoms with Crippen molar-refractivity contribution in [3.8, 4) is 11.5 Å². The number of nitrogens with zero attached hydrogens (tertiary/aromatic N) is 1. The van der Waals surface area contributed by atoms with Crippen molar-refractivity contribution in [2.45, 2.75) is 4.90 Å². The summed E-state index contributed by atoms with van der Waals surface area (Å²) in [6.45, 7) is 0. The summed E-state index contributed by atoms with van der Waals surface area (Å²) in [5.74, 6) is -0.601. The van der Waals surface area contributed by atoms with E-state index in [0.29, 0.717) is 16.8 Å². The zero-order valence-corrected chi connectivity index (χ0v) is 19.3. The summed E-state index contributed by atoms with van der Waals surface area (Å²) < 4.78 is 45.6. The second-order valence-electron chi connectivity index (χ2n) is 7.23. The number of carbonyl (C=O) groups excluding carboxylic acids is 1. The summed E-state index contributed by atoms with van der Waals surface area (Å²) in [5, 5.41) is 2.74. The molecular formula is C23H21N3O7S. The first kappa shape index (κ1) is 22.9. The number of oxazole rings is 1. The van der Waals surface area contributed by atoms with Crippen molar-refractivity contribution >= 4 is 38.4 Å². The third kappa shape index (κ3) is 4.33. The highest BCUT2D eigenvalue weighted by atomic mass is 32.2. The van der Waals surface area contributed by atoms with Crippen LogP contribution in [0, 0.1) is 0 Å². The van der Waals surface area contributed by atoms with Crippen LogP contribution in [0.4, 0.5) is 11.4 Å². The molecule has 34 heavy (non-hydrogen) atoms. The zero-order chi connectivity index (χ0) is 24.5. The number of aromatic nitrogens is 1. The van der Waals surface area contributed by atoms with Gasteiger partial charge in [-0.15, -0.1) is 0 Å². The molecule has 1 heterocycles. The topological polar surface area (TPSA) is 129 Å². The number of hydrogen-bond donors (Lipinski definition) is 2. The number of carbonyl (C=O) groups is 1. The molecule has 0 saturated heterocycles. The van der Waals surface area contributed by atoms with Crippen LogP contribution >= 0.6 is 0 Å². The van der Waals surface area contributed by atoms with Crippen LogP contribution in [0.1, 0.15) is 10.4 Å². The number of sulfonamides is 1. The number of hydrogen-bond acceptors (Lipinski definition) is 7. The summed E-state index contributed by atoms with van der Waals surface area (Å²) in [6, 6.07) is 15.6. The van der Waals surface area contributed by atoms with Gasteiger partial charge >= 0.3 is 5.76 Å². The van der Waals surface area contributed by atoms with Crippen LogP contribution in [0.5, 0.6) is 11.5 Å². The van der Waals surface area contributed by atoms with Crippen molar-refractivity contribution in [1.29, 1.82) is 0 Å². The van der Waals surface area contributed by atoms with Crippen LogP contribution in [0.15, 0.2) is 74.8 Å². The molecule has 0 atom stereocenters. The molecule has 1 amide bonds. The molecule has 3 aromatic carbocycles. The largest absolute Gasteiger partial charge is 0.494 e. The maximum Gasteiger partial charge on any atom is 0.419 e. The van der Waals surface area contributed by atoms with Crippen LogP contribution in [-0.4, -0.2) is 33.1 Å². The number of methoxy groups -OCH3 is 2. The molecule has 4 aromatic rings. The van der Waals surface area contributed by atoms with E-state index in [-0.39, 0.29) is 33.6 Å². The smallest absolute Gasteiger partial charge is 0.419 e. The van der Waals surface area contributed by atoms with Crippen LogP contribution in [0.2, 0.25) is 0 Å². The molecule has 4 rings (SSSR count). The quantitative estimate of drug-likeness (QED) is 0.413. The Balaban J connectivity index is 1.67. The van der Waals surface area contributed by atoms with Crippen LogP contribution in [0.25, 0.3) is 11.1 Å². The summed E-state index contributed by atoms with van der Waals surface area (Å²) in [7, 11) is 0.195. The molecule has 0 unspecified atom stereocenters. The summed E-state index contributed by atoms with van der Waals surface area (Å²) >= 11 is 0. The monoisotopic (exact) mass is 483 g/mol. The van der Waals surface area contributed by atoms with E-state index in [1.807, 2.05) is 0 Å². The Morgan fingerprint density at radius 3 is 2.26 bits per heavy atom. The fourth-order valence-corrected chi connectivity index (χ4v) is 4.42. The van der Waals surface area contributed by atoms with Gasteiger partial charge in [0.05, 0.1) is 36.0 Å². The first-order valence-electron chi connectivity index (χ1n) is 9.98. The third-order valence-corrected chi connectivity index (χ3v) is 6.49. The Bertz CT molecular complexity index is 1540. The molecule has 176 valence electrons. The van der Waals surface area contributed by atoms with E-state index < -0.39 is 15.8 Å². The van der Waals surface area contributed by atoms with Crippen molar-refractivity contribution in [2.75, 3.05) is 24.3 Å². The fourth-order valence-electron chi connectivity index (χ4n) is 3.34. The van der Waals surface area contributed by atoms with Crippen molar-refractivity contribution < 1.29 is 27.1 Å². The predicted molar refractivity (Wildman–Crippen MR) is 126 cm³/mol. The number of fused-ring (bicyclic) bond motifs is 1. The molecule has 1 aromatic heterocycles. The number of nitrogens with one attached hydrogen (secondary N) is 2. The average molecular weight is 484 g/mol. The van der Waals surface area contributed by atoms with Gasteiger partial charge < -0.3 is 19.2 Å². The van der Waals surface area contributed by atoms with Gasteiger partial charge in [-0.05, 0) is 24.3 Å². The van der Waals surface area contributed by atoms with Crippen molar-refractivity contribution in [2.24, 2.45) is 7.05 Å². The lowest BCUT2D eigenvalue weighted by Crippen LogP contribution is -2.15. The van der Waals surface area contributed by atoms with Gasteiger partial charge in [0.25, 0.3) is 15.9 Å². The van der Waals surface area contributed by atoms with Gasteiger partial charge in [-0.2, -0.15) is 0 Å². The number of ether oxygens (including phenoxy) is 2. The first-order chi connectivity index (χ1) is 16.2. The molecule has 0 bridgehead atoms. The molecule has 0 saturated carbocycles. The number of benzene rings is 3. The number of rotatable bonds is 7. The van der Waals surface area contributed by atoms with Gasteiger partial charge in [0.15, 0.2) is 5.58 Å². The molecule has 2 N–H and O–H groups in total. The lowest BCUT2D eigenvalue weighted by atomic mass is 10.2. The number of anilines is 2. The van der Waals surface area contributed by atoms with E-state index in [1.165, 1.54) is 56.2 Å². The van der Waals surface area contributed by atoms with E-state index in [9.17, 15) is 18.0 Å². The van der Waals surface area contributed by atoms with Crippen molar-refractivity contribution in [3.63, 3.8) is 0 Å². The molecule has 0 aliphatic rings. The van der Waals surface area contributed by atoms with E-state index in [2.05, 4.69) is 10.0 Å². The van der Waals surface area contributed by atoms with Gasteiger partial charge in [-0.3, -0.25) is 14.1 Å². The maximum absolute atomic E-state index is 13.0. The molecule has 11 heteroatoms. The Kier molecular flexibility index (Phi) is 6.03. The van der Waals surface area contributed by atoms with Gasteiger partial charge in [0.1, 0.15) is 11.5 Å². The minimum Gasteiger partial charge on any atom is -0.494 e. The maximum atomic E-state index is 13.0. The standard InChI is InChI=1S/C23H21N3O7S/c1-26-18-10-9-15(11-21(18)33-23(26)28)34(29,30)25-17-13-19(31-2)16(12-20(17)32-3)24-22(27)14-7-5-4-6-8-14/h4-13,25H,1-3H3,(H,24,27). The van der Waals surface area contributed by atoms with E-state index in [1.54, 1.807) is 30.3 Å². The average Bonchev–Trinajstić information content (AvgIpc) is 3.12. The number of amides is 1. The van der Waals surface area contributed by atoms with E-state index in [0.717, 1.165) is 0 Å². The van der Waals surface area contributed by atoms with Gasteiger partial charge in [0.2, 0.25) is 0 Å². The first-order valence-corrected chi connectivity index (χ1v) is 11.5. The Hall–Kier alpha value is -4.25. The molecule has 10 nitrogen and oxygen atoms in total. The second-order valence-corrected chi connectivity index (χ2v) is 8.92. The van der Waals surface area contributed by atoms with Gasteiger partial charge in [-0.1, -0.05) is 18.2 Å². The summed E-state index contributed by atoms with van der Waals surface area (Å²) in [5.41, 5.74) is 1.42. The highest BCUT2D eigenvalue weighted by Gasteiger charge is 2.21. The lowest BCUT2D eigenvalue weighted by molar-refractivity contribution is 0.102. The van der Waals surface area contributed by atoms with Gasteiger partial charge in [-0.25, -0.2) is 13.2 Å². The fraction of sp³-hybridized carbons (Fsp3) is 0.130. The highest BCUT2D eigenvalue weighted by Crippen LogP contribution is 2.38. The zero-order valence-electron chi connectivity index (χ0n) is 18.5. The Morgan fingerprint density at radius 2 is 1.59 bits per heavy atom. The lowest BCUT2D eigenvalue weighted by Gasteiger charge is -2.17. The summed E-state index contributed by atoms with van der Waals surface area (Å²) in [6.07, 6.45) is 0. The van der Waals surface area contributed by atoms with Crippen molar-refractivity contribution in [1.82, 2.24) is 4.57 Å². The minimum atomic E-state index is -4.09. The highest BCUT2D eigenvalue weighted by molar-refractivity contribution is 7.92. The molecule has 0 radical (unpaired) electrons. The van der Waals surface area contributed by atoms with Crippen molar-refractivity contribution in [3.05, 3.63) is 76.8 Å². The second kappa shape index (κ2) is 8.94. The van der Waals surface area contributed by atoms with Crippen LogP contribution in [-0.2, 0) is 17.1 Å². The van der Waals surface area contributed by atoms with Crippen LogP contribution < -0.4 is 25.3 Å². The normalized spacial score (nSPS) is 11.3. The Labute approximate surface area is 194 Å². The van der Waals surface area contributed by atoms with E-state index >= 15 is 0 Å².